The van der Waals surface area contributed by atoms with E-state index in [0.29, 0.717) is 22.5 Å². The minimum absolute atomic E-state index is 0.0284. The van der Waals surface area contributed by atoms with Crippen molar-refractivity contribution in [2.75, 3.05) is 0 Å². The number of hydrogen-bond donors (Lipinski definition) is 1. The van der Waals surface area contributed by atoms with E-state index < -0.39 is 4.92 Å². The first-order valence-corrected chi connectivity index (χ1v) is 6.29. The molecule has 0 spiro atoms. The van der Waals surface area contributed by atoms with Crippen molar-refractivity contribution in [1.29, 1.82) is 0 Å². The van der Waals surface area contributed by atoms with Crippen LogP contribution in [0.1, 0.15) is 5.56 Å². The molecule has 5 nitrogen and oxygen atoms in total. The molecule has 0 aliphatic rings. The average molecular weight is 323 g/mol. The number of nitro groups is 1. The van der Waals surface area contributed by atoms with Gasteiger partial charge in [0.25, 0.3) is 5.69 Å². The fourth-order valence-corrected chi connectivity index (χ4v) is 2.04. The molecule has 0 amide bonds. The largest absolute Gasteiger partial charge is 0.457 e. The molecule has 98 valence electrons. The second kappa shape index (κ2) is 5.81. The van der Waals surface area contributed by atoms with Crippen LogP contribution < -0.4 is 10.5 Å². The lowest BCUT2D eigenvalue weighted by molar-refractivity contribution is -0.385. The number of nitrogens with two attached hydrogens (primary N) is 1. The van der Waals surface area contributed by atoms with Gasteiger partial charge in [-0.2, -0.15) is 0 Å². The molecule has 6 heteroatoms. The van der Waals surface area contributed by atoms with Crippen LogP contribution in [-0.4, -0.2) is 4.92 Å². The van der Waals surface area contributed by atoms with Crippen LogP contribution in [-0.2, 0) is 6.54 Å². The number of rotatable bonds is 4. The summed E-state index contributed by atoms with van der Waals surface area (Å²) in [5.74, 6) is 0.991. The van der Waals surface area contributed by atoms with Gasteiger partial charge in [-0.1, -0.05) is 28.1 Å². The van der Waals surface area contributed by atoms with Crippen LogP contribution in [0.2, 0.25) is 0 Å². The summed E-state index contributed by atoms with van der Waals surface area (Å²) in [7, 11) is 0. The lowest BCUT2D eigenvalue weighted by Gasteiger charge is -2.07. The maximum Gasteiger partial charge on any atom is 0.274 e. The molecule has 0 saturated carbocycles. The molecular weight excluding hydrogens is 312 g/mol. The normalized spacial score (nSPS) is 10.2. The first kappa shape index (κ1) is 13.5. The molecule has 0 aliphatic carbocycles. The van der Waals surface area contributed by atoms with Gasteiger partial charge < -0.3 is 10.5 Å². The zero-order valence-corrected chi connectivity index (χ0v) is 11.5. The topological polar surface area (TPSA) is 78.4 Å². The SMILES string of the molecule is NCc1cccc(Oc2cc(Br)cc([N+](=O)[O-])c2)c1. The highest BCUT2D eigenvalue weighted by atomic mass is 79.9. The van der Waals surface area contributed by atoms with Crippen LogP contribution in [0.4, 0.5) is 5.69 Å². The second-order valence-corrected chi connectivity index (χ2v) is 4.77. The Kier molecular flexibility index (Phi) is 4.13. The molecule has 0 heterocycles. The quantitative estimate of drug-likeness (QED) is 0.689. The maximum absolute atomic E-state index is 10.8. The molecule has 0 unspecified atom stereocenters. The van der Waals surface area contributed by atoms with Gasteiger partial charge in [0.1, 0.15) is 11.5 Å². The Bertz CT molecular complexity index is 617. The van der Waals surface area contributed by atoms with Gasteiger partial charge in [0.05, 0.1) is 11.0 Å². The Morgan fingerprint density at radius 2 is 2.00 bits per heavy atom. The Labute approximate surface area is 118 Å². The Morgan fingerprint density at radius 3 is 2.68 bits per heavy atom. The van der Waals surface area contributed by atoms with E-state index in [2.05, 4.69) is 15.9 Å². The number of nitrogens with zero attached hydrogens (tertiary/aromatic N) is 1. The Balaban J connectivity index is 2.29. The van der Waals surface area contributed by atoms with E-state index in [0.717, 1.165) is 5.56 Å². The van der Waals surface area contributed by atoms with Crippen LogP contribution >= 0.6 is 15.9 Å². The third kappa shape index (κ3) is 3.52. The smallest absolute Gasteiger partial charge is 0.274 e. The maximum atomic E-state index is 10.8. The molecule has 0 fully saturated rings. The third-order valence-corrected chi connectivity index (χ3v) is 2.89. The molecule has 2 aromatic rings. The fourth-order valence-electron chi connectivity index (χ4n) is 1.58. The van der Waals surface area contributed by atoms with Crippen LogP contribution in [0.15, 0.2) is 46.9 Å². The van der Waals surface area contributed by atoms with E-state index in [1.807, 2.05) is 12.1 Å². The number of benzene rings is 2. The summed E-state index contributed by atoms with van der Waals surface area (Å²) in [5.41, 5.74) is 6.45. The van der Waals surface area contributed by atoms with E-state index >= 15 is 0 Å². The Hall–Kier alpha value is -1.92. The fraction of sp³-hybridized carbons (Fsp3) is 0.0769. The number of nitro benzene ring substituents is 1. The van der Waals surface area contributed by atoms with Crippen LogP contribution in [0.3, 0.4) is 0 Å². The number of non-ortho nitro benzene ring substituents is 1. The summed E-state index contributed by atoms with van der Waals surface area (Å²) in [5, 5.41) is 10.8. The third-order valence-electron chi connectivity index (χ3n) is 2.44. The lowest BCUT2D eigenvalue weighted by atomic mass is 10.2. The van der Waals surface area contributed by atoms with Gasteiger partial charge in [0.2, 0.25) is 0 Å². The van der Waals surface area contributed by atoms with Gasteiger partial charge in [-0.05, 0) is 23.8 Å². The lowest BCUT2D eigenvalue weighted by Crippen LogP contribution is -1.96. The summed E-state index contributed by atoms with van der Waals surface area (Å²) in [6.45, 7) is 0.413. The average Bonchev–Trinajstić information content (AvgIpc) is 2.38. The van der Waals surface area contributed by atoms with Crippen molar-refractivity contribution in [3.05, 3.63) is 62.6 Å². The highest BCUT2D eigenvalue weighted by molar-refractivity contribution is 9.10. The first-order chi connectivity index (χ1) is 9.08. The molecule has 2 rings (SSSR count). The van der Waals surface area contributed by atoms with E-state index in [-0.39, 0.29) is 5.69 Å². The Morgan fingerprint density at radius 1 is 1.21 bits per heavy atom. The molecule has 2 aromatic carbocycles. The van der Waals surface area contributed by atoms with Gasteiger partial charge in [-0.25, -0.2) is 0 Å². The van der Waals surface area contributed by atoms with Crippen LogP contribution in [0.25, 0.3) is 0 Å². The van der Waals surface area contributed by atoms with E-state index in [1.165, 1.54) is 12.1 Å². The predicted octanol–water partition coefficient (Wildman–Crippen LogP) is 3.61. The van der Waals surface area contributed by atoms with Crippen molar-refractivity contribution >= 4 is 21.6 Å². The van der Waals surface area contributed by atoms with Crippen molar-refractivity contribution in [3.8, 4) is 11.5 Å². The number of halogens is 1. The predicted molar refractivity (Wildman–Crippen MR) is 75.2 cm³/mol. The van der Waals surface area contributed by atoms with Crippen molar-refractivity contribution in [2.24, 2.45) is 5.73 Å². The molecule has 0 saturated heterocycles. The zero-order valence-electron chi connectivity index (χ0n) is 9.88. The summed E-state index contributed by atoms with van der Waals surface area (Å²) in [6.07, 6.45) is 0. The molecule has 0 atom stereocenters. The van der Waals surface area contributed by atoms with Gasteiger partial charge in [-0.15, -0.1) is 0 Å². The minimum Gasteiger partial charge on any atom is -0.457 e. The van der Waals surface area contributed by atoms with E-state index in [4.69, 9.17) is 10.5 Å². The summed E-state index contributed by atoms with van der Waals surface area (Å²) in [4.78, 5) is 10.3. The van der Waals surface area contributed by atoms with E-state index in [9.17, 15) is 10.1 Å². The minimum atomic E-state index is -0.464. The number of hydrogen-bond acceptors (Lipinski definition) is 4. The molecule has 2 N–H and O–H groups in total. The van der Waals surface area contributed by atoms with Gasteiger partial charge in [0.15, 0.2) is 0 Å². The molecule has 0 radical (unpaired) electrons. The zero-order chi connectivity index (χ0) is 13.8. The molecule has 0 bridgehead atoms. The van der Waals surface area contributed by atoms with Crippen molar-refractivity contribution in [2.45, 2.75) is 6.54 Å². The van der Waals surface area contributed by atoms with Crippen molar-refractivity contribution in [1.82, 2.24) is 0 Å². The summed E-state index contributed by atoms with van der Waals surface area (Å²) >= 11 is 3.22. The monoisotopic (exact) mass is 322 g/mol. The van der Waals surface area contributed by atoms with Crippen molar-refractivity contribution < 1.29 is 9.66 Å². The number of ether oxygens (including phenoxy) is 1. The molecular formula is C13H11BrN2O3. The summed E-state index contributed by atoms with van der Waals surface area (Å²) in [6, 6.07) is 11.7. The highest BCUT2D eigenvalue weighted by Gasteiger charge is 2.10. The van der Waals surface area contributed by atoms with Gasteiger partial charge in [-0.3, -0.25) is 10.1 Å². The summed E-state index contributed by atoms with van der Waals surface area (Å²) < 4.78 is 6.19. The van der Waals surface area contributed by atoms with E-state index in [1.54, 1.807) is 18.2 Å². The second-order valence-electron chi connectivity index (χ2n) is 3.86. The van der Waals surface area contributed by atoms with Crippen LogP contribution in [0.5, 0.6) is 11.5 Å². The van der Waals surface area contributed by atoms with Crippen LogP contribution in [0, 0.1) is 10.1 Å². The molecule has 0 aliphatic heterocycles. The molecule has 0 aromatic heterocycles. The standard InChI is InChI=1S/C13H11BrN2O3/c14-10-5-11(16(17)18)7-13(6-10)19-12-3-1-2-9(4-12)8-15/h1-7H,8,15H2. The van der Waals surface area contributed by atoms with Gasteiger partial charge in [0, 0.05) is 17.1 Å². The first-order valence-electron chi connectivity index (χ1n) is 5.50. The van der Waals surface area contributed by atoms with Crippen molar-refractivity contribution in [3.63, 3.8) is 0 Å². The molecule has 19 heavy (non-hydrogen) atoms. The van der Waals surface area contributed by atoms with Gasteiger partial charge >= 0.3 is 0 Å². The highest BCUT2D eigenvalue weighted by Crippen LogP contribution is 2.29.